The minimum atomic E-state index is -0.258. The van der Waals surface area contributed by atoms with Crippen molar-refractivity contribution in [3.8, 4) is 0 Å². The van der Waals surface area contributed by atoms with Gasteiger partial charge < -0.3 is 5.32 Å². The lowest BCUT2D eigenvalue weighted by atomic mass is 10.1. The third-order valence-electron chi connectivity index (χ3n) is 3.45. The number of carbonyl (C=O) groups is 2. The third kappa shape index (κ3) is 2.85. The predicted molar refractivity (Wildman–Crippen MR) is 79.7 cm³/mol. The number of benzene rings is 1. The highest BCUT2D eigenvalue weighted by Crippen LogP contribution is 2.21. The number of rotatable bonds is 3. The molecule has 2 aromatic rings. The molecule has 6 heteroatoms. The highest BCUT2D eigenvalue weighted by Gasteiger charge is 2.23. The first-order valence-electron chi connectivity index (χ1n) is 6.77. The fourth-order valence-corrected chi connectivity index (χ4v) is 2.55. The van der Waals surface area contributed by atoms with Crippen LogP contribution in [0.4, 0.5) is 5.82 Å². The maximum Gasteiger partial charge on any atom is 0.240 e. The van der Waals surface area contributed by atoms with E-state index in [0.29, 0.717) is 6.54 Å². The smallest absolute Gasteiger partial charge is 0.240 e. The Morgan fingerprint density at radius 3 is 2.67 bits per heavy atom. The van der Waals surface area contributed by atoms with Crippen molar-refractivity contribution in [1.29, 1.82) is 0 Å². The maximum absolute atomic E-state index is 11.4. The number of piperazine rings is 1. The van der Waals surface area contributed by atoms with Crippen molar-refractivity contribution in [2.45, 2.75) is 6.54 Å². The molecule has 1 aromatic carbocycles. The molecule has 0 radical (unpaired) electrons. The number of pyridine rings is 1. The van der Waals surface area contributed by atoms with E-state index in [2.05, 4.69) is 15.6 Å². The fourth-order valence-electron chi connectivity index (χ4n) is 2.55. The predicted octanol–water partition coefficient (Wildman–Crippen LogP) is 0.735. The molecule has 108 valence electrons. The van der Waals surface area contributed by atoms with Gasteiger partial charge in [0.2, 0.25) is 11.8 Å². The fraction of sp³-hybridized carbons (Fsp3) is 0.267. The molecule has 2 N–H and O–H groups in total. The van der Waals surface area contributed by atoms with Crippen molar-refractivity contribution < 1.29 is 9.59 Å². The molecular formula is C15H16N4O2. The van der Waals surface area contributed by atoms with Gasteiger partial charge in [-0.05, 0) is 12.1 Å². The Hall–Kier alpha value is -2.47. The van der Waals surface area contributed by atoms with Gasteiger partial charge in [0.25, 0.3) is 0 Å². The molecule has 2 heterocycles. The van der Waals surface area contributed by atoms with E-state index < -0.39 is 0 Å². The van der Waals surface area contributed by atoms with E-state index in [1.54, 1.807) is 0 Å². The van der Waals surface area contributed by atoms with Crippen LogP contribution in [0.3, 0.4) is 0 Å². The molecule has 1 aliphatic rings. The highest BCUT2D eigenvalue weighted by atomic mass is 16.2. The number of anilines is 1. The van der Waals surface area contributed by atoms with Crippen molar-refractivity contribution in [2.75, 3.05) is 25.5 Å². The van der Waals surface area contributed by atoms with Gasteiger partial charge in [0.1, 0.15) is 5.82 Å². The van der Waals surface area contributed by atoms with Gasteiger partial charge >= 0.3 is 0 Å². The van der Waals surface area contributed by atoms with Crippen molar-refractivity contribution in [3.63, 3.8) is 0 Å². The number of nitrogens with zero attached hydrogens (tertiary/aromatic N) is 2. The summed E-state index contributed by atoms with van der Waals surface area (Å²) in [6.07, 6.45) is 0. The summed E-state index contributed by atoms with van der Waals surface area (Å²) < 4.78 is 0. The van der Waals surface area contributed by atoms with Crippen LogP contribution >= 0.6 is 0 Å². The molecule has 0 aliphatic carbocycles. The monoisotopic (exact) mass is 284 g/mol. The summed E-state index contributed by atoms with van der Waals surface area (Å²) in [7, 11) is 1.81. The molecule has 1 fully saturated rings. The van der Waals surface area contributed by atoms with Gasteiger partial charge in [0.15, 0.2) is 0 Å². The summed E-state index contributed by atoms with van der Waals surface area (Å²) in [6, 6.07) is 9.91. The Bertz CT molecular complexity index is 698. The second kappa shape index (κ2) is 5.49. The van der Waals surface area contributed by atoms with Crippen molar-refractivity contribution in [3.05, 3.63) is 35.9 Å². The van der Waals surface area contributed by atoms with Crippen LogP contribution in [0.1, 0.15) is 5.56 Å². The molecule has 1 aliphatic heterocycles. The zero-order valence-corrected chi connectivity index (χ0v) is 11.7. The van der Waals surface area contributed by atoms with Gasteiger partial charge in [-0.3, -0.25) is 19.8 Å². The summed E-state index contributed by atoms with van der Waals surface area (Å²) in [5.74, 6) is 0.254. The van der Waals surface area contributed by atoms with E-state index in [0.717, 1.165) is 22.3 Å². The zero-order chi connectivity index (χ0) is 14.8. The Morgan fingerprint density at radius 1 is 1.24 bits per heavy atom. The van der Waals surface area contributed by atoms with E-state index in [1.165, 1.54) is 0 Å². The Morgan fingerprint density at radius 2 is 1.95 bits per heavy atom. The molecule has 0 atom stereocenters. The lowest BCUT2D eigenvalue weighted by Crippen LogP contribution is -2.50. The molecule has 0 unspecified atom stereocenters. The van der Waals surface area contributed by atoms with Gasteiger partial charge in [-0.15, -0.1) is 0 Å². The Kier molecular flexibility index (Phi) is 3.53. The SMILES string of the molecule is CNc1nc2ccccc2cc1CN1CC(=O)NC(=O)C1. The first-order valence-corrected chi connectivity index (χ1v) is 6.77. The van der Waals surface area contributed by atoms with Gasteiger partial charge in [-0.25, -0.2) is 4.98 Å². The minimum absolute atomic E-state index is 0.224. The number of aromatic nitrogens is 1. The van der Waals surface area contributed by atoms with E-state index in [1.807, 2.05) is 42.3 Å². The van der Waals surface area contributed by atoms with Gasteiger partial charge in [-0.1, -0.05) is 18.2 Å². The molecule has 0 spiro atoms. The largest absolute Gasteiger partial charge is 0.373 e. The zero-order valence-electron chi connectivity index (χ0n) is 11.7. The molecule has 6 nitrogen and oxygen atoms in total. The number of hydrogen-bond donors (Lipinski definition) is 2. The molecule has 3 rings (SSSR count). The lowest BCUT2D eigenvalue weighted by molar-refractivity contribution is -0.136. The van der Waals surface area contributed by atoms with Crippen molar-refractivity contribution in [1.82, 2.24) is 15.2 Å². The number of hydrogen-bond acceptors (Lipinski definition) is 5. The summed E-state index contributed by atoms with van der Waals surface area (Å²) >= 11 is 0. The van der Waals surface area contributed by atoms with E-state index in [4.69, 9.17) is 0 Å². The molecule has 2 amide bonds. The normalized spacial score (nSPS) is 16.0. The van der Waals surface area contributed by atoms with Crippen LogP contribution in [0.25, 0.3) is 10.9 Å². The summed E-state index contributed by atoms with van der Waals surface area (Å²) in [6.45, 7) is 0.955. The summed E-state index contributed by atoms with van der Waals surface area (Å²) in [5, 5.41) is 6.42. The summed E-state index contributed by atoms with van der Waals surface area (Å²) in [4.78, 5) is 29.3. The minimum Gasteiger partial charge on any atom is -0.373 e. The average molecular weight is 284 g/mol. The quantitative estimate of drug-likeness (QED) is 0.813. The second-order valence-electron chi connectivity index (χ2n) is 5.06. The van der Waals surface area contributed by atoms with Crippen LogP contribution < -0.4 is 10.6 Å². The Labute approximate surface area is 122 Å². The van der Waals surface area contributed by atoms with Crippen molar-refractivity contribution >= 4 is 28.5 Å². The molecule has 0 bridgehead atoms. The van der Waals surface area contributed by atoms with Gasteiger partial charge in [-0.2, -0.15) is 0 Å². The molecular weight excluding hydrogens is 268 g/mol. The molecule has 1 saturated heterocycles. The number of para-hydroxylation sites is 1. The van der Waals surface area contributed by atoms with Crippen LogP contribution in [-0.2, 0) is 16.1 Å². The Balaban J connectivity index is 1.92. The average Bonchev–Trinajstić information content (AvgIpc) is 2.45. The standard InChI is InChI=1S/C15H16N4O2/c1-16-15-11(6-10-4-2-3-5-12(10)17-15)7-19-8-13(20)18-14(21)9-19/h2-6H,7-9H2,1H3,(H,16,17)(H,18,20,21). The van der Waals surface area contributed by atoms with Crippen LogP contribution in [0.5, 0.6) is 0 Å². The second-order valence-corrected chi connectivity index (χ2v) is 5.06. The maximum atomic E-state index is 11.4. The number of nitrogens with one attached hydrogen (secondary N) is 2. The van der Waals surface area contributed by atoms with E-state index >= 15 is 0 Å². The number of fused-ring (bicyclic) bond motifs is 1. The van der Waals surface area contributed by atoms with Crippen LogP contribution in [0, 0.1) is 0 Å². The lowest BCUT2D eigenvalue weighted by Gasteiger charge is -2.25. The molecule has 1 aromatic heterocycles. The van der Waals surface area contributed by atoms with E-state index in [-0.39, 0.29) is 24.9 Å². The third-order valence-corrected chi connectivity index (χ3v) is 3.45. The van der Waals surface area contributed by atoms with Gasteiger partial charge in [0.05, 0.1) is 18.6 Å². The van der Waals surface area contributed by atoms with Gasteiger partial charge in [0, 0.05) is 24.5 Å². The first-order chi connectivity index (χ1) is 10.2. The highest BCUT2D eigenvalue weighted by molar-refractivity contribution is 5.99. The topological polar surface area (TPSA) is 74.3 Å². The van der Waals surface area contributed by atoms with Crippen LogP contribution in [-0.4, -0.2) is 41.8 Å². The number of carbonyl (C=O) groups excluding carboxylic acids is 2. The number of imide groups is 1. The van der Waals surface area contributed by atoms with Crippen LogP contribution in [0.2, 0.25) is 0 Å². The van der Waals surface area contributed by atoms with Crippen molar-refractivity contribution in [2.24, 2.45) is 0 Å². The first kappa shape index (κ1) is 13.5. The summed E-state index contributed by atoms with van der Waals surface area (Å²) in [5.41, 5.74) is 1.89. The number of amides is 2. The van der Waals surface area contributed by atoms with Crippen LogP contribution in [0.15, 0.2) is 30.3 Å². The van der Waals surface area contributed by atoms with E-state index in [9.17, 15) is 9.59 Å². The molecule has 21 heavy (non-hydrogen) atoms. The molecule has 0 saturated carbocycles.